The number of nitrogens with one attached hydrogen (secondary N) is 1. The molecule has 152 valence electrons. The fourth-order valence-corrected chi connectivity index (χ4v) is 3.14. The van der Waals surface area contributed by atoms with E-state index in [1.807, 2.05) is 6.07 Å². The molecule has 0 atom stereocenters. The van der Waals surface area contributed by atoms with Crippen LogP contribution >= 0.6 is 0 Å². The van der Waals surface area contributed by atoms with Gasteiger partial charge < -0.3 is 15.0 Å². The Balaban J connectivity index is 1.66. The van der Waals surface area contributed by atoms with Gasteiger partial charge in [-0.2, -0.15) is 5.10 Å². The van der Waals surface area contributed by atoms with Crippen LogP contribution in [0.5, 0.6) is 0 Å². The van der Waals surface area contributed by atoms with Crippen LogP contribution in [0.1, 0.15) is 23.0 Å². The highest BCUT2D eigenvalue weighted by Gasteiger charge is 2.11. The van der Waals surface area contributed by atoms with Gasteiger partial charge in [-0.25, -0.2) is 19.6 Å². The zero-order valence-electron chi connectivity index (χ0n) is 16.4. The number of ketones is 1. The molecule has 0 spiro atoms. The molecule has 10 nitrogen and oxygen atoms in total. The lowest BCUT2D eigenvalue weighted by molar-refractivity contribution is 0.101. The summed E-state index contributed by atoms with van der Waals surface area (Å²) in [6.45, 7) is 3.35. The Morgan fingerprint density at radius 3 is 2.80 bits per heavy atom. The second kappa shape index (κ2) is 7.84. The quantitative estimate of drug-likeness (QED) is 0.463. The predicted octanol–water partition coefficient (Wildman–Crippen LogP) is 1.62. The number of carbonyl (C=O) groups excluding carboxylic acids is 1. The summed E-state index contributed by atoms with van der Waals surface area (Å²) in [6.07, 6.45) is 6.12. The van der Waals surface area contributed by atoms with E-state index in [4.69, 9.17) is 5.11 Å². The molecule has 10 heteroatoms. The molecule has 2 N–H and O–H groups in total. The normalized spacial score (nSPS) is 11.0. The van der Waals surface area contributed by atoms with Gasteiger partial charge >= 0.3 is 0 Å². The van der Waals surface area contributed by atoms with Gasteiger partial charge in [0.05, 0.1) is 29.4 Å². The molecule has 0 fully saturated rings. The molecule has 0 aromatic carbocycles. The van der Waals surface area contributed by atoms with Gasteiger partial charge in [-0.05, 0) is 31.4 Å². The van der Waals surface area contributed by atoms with Gasteiger partial charge in [0.1, 0.15) is 18.0 Å². The van der Waals surface area contributed by atoms with E-state index >= 15 is 0 Å². The summed E-state index contributed by atoms with van der Waals surface area (Å²) in [5, 5.41) is 17.6. The molecular weight excluding hydrogens is 386 g/mol. The third-order valence-corrected chi connectivity index (χ3v) is 4.61. The van der Waals surface area contributed by atoms with E-state index in [0.29, 0.717) is 34.1 Å². The highest BCUT2D eigenvalue weighted by molar-refractivity contribution is 5.93. The third-order valence-electron chi connectivity index (χ3n) is 4.61. The van der Waals surface area contributed by atoms with Gasteiger partial charge in [0.2, 0.25) is 0 Å². The SMILES string of the molecule is CC(=O)c1cnn(-c2cc(Nc3cc4ccn(CCO)c(=O)c4c(C)n3)ncn2)c1. The van der Waals surface area contributed by atoms with Gasteiger partial charge in [-0.1, -0.05) is 0 Å². The van der Waals surface area contributed by atoms with E-state index in [1.54, 1.807) is 31.5 Å². The number of pyridine rings is 2. The van der Waals surface area contributed by atoms with Crippen LogP contribution in [0.2, 0.25) is 0 Å². The van der Waals surface area contributed by atoms with Gasteiger partial charge in [-0.3, -0.25) is 9.59 Å². The molecule has 0 radical (unpaired) electrons. The lowest BCUT2D eigenvalue weighted by atomic mass is 10.1. The molecule has 0 aliphatic carbocycles. The second-order valence-corrected chi connectivity index (χ2v) is 6.71. The van der Waals surface area contributed by atoms with Crippen LogP contribution in [-0.4, -0.2) is 46.8 Å². The zero-order valence-corrected chi connectivity index (χ0v) is 16.4. The van der Waals surface area contributed by atoms with Crippen molar-refractivity contribution in [2.75, 3.05) is 11.9 Å². The minimum absolute atomic E-state index is 0.0810. The van der Waals surface area contributed by atoms with Crippen molar-refractivity contribution < 1.29 is 9.90 Å². The van der Waals surface area contributed by atoms with Crippen molar-refractivity contribution in [2.45, 2.75) is 20.4 Å². The molecule has 0 aliphatic heterocycles. The predicted molar refractivity (Wildman–Crippen MR) is 110 cm³/mol. The summed E-state index contributed by atoms with van der Waals surface area (Å²) in [5.41, 5.74) is 0.865. The summed E-state index contributed by atoms with van der Waals surface area (Å²) in [4.78, 5) is 36.9. The minimum atomic E-state index is -0.192. The van der Waals surface area contributed by atoms with Gasteiger partial charge in [0, 0.05) is 25.0 Å². The van der Waals surface area contributed by atoms with E-state index in [0.717, 1.165) is 5.39 Å². The molecule has 4 heterocycles. The molecule has 4 rings (SSSR count). The maximum Gasteiger partial charge on any atom is 0.260 e. The van der Waals surface area contributed by atoms with Crippen LogP contribution in [0.25, 0.3) is 16.6 Å². The van der Waals surface area contributed by atoms with Crippen molar-refractivity contribution in [3.63, 3.8) is 0 Å². The standard InChI is InChI=1S/C20H19N7O3/c1-12-19-14(3-4-26(5-6-28)20(19)30)7-17(24-12)25-16-8-18(22-11-21-16)27-10-15(9-23-27)13(2)29/h3-4,7-11,28H,5-6H2,1-2H3,(H,21,22,24,25). The number of hydrogen-bond acceptors (Lipinski definition) is 8. The number of anilines is 2. The van der Waals surface area contributed by atoms with E-state index in [-0.39, 0.29) is 24.5 Å². The zero-order chi connectivity index (χ0) is 21.3. The monoisotopic (exact) mass is 405 g/mol. The maximum atomic E-state index is 12.6. The smallest absolute Gasteiger partial charge is 0.260 e. The van der Waals surface area contributed by atoms with E-state index in [1.165, 1.54) is 28.7 Å². The Morgan fingerprint density at radius 1 is 1.23 bits per heavy atom. The molecule has 0 saturated carbocycles. The molecule has 0 amide bonds. The first-order valence-electron chi connectivity index (χ1n) is 9.23. The molecule has 4 aromatic heterocycles. The Bertz CT molecular complexity index is 1310. The van der Waals surface area contributed by atoms with Crippen LogP contribution in [0, 0.1) is 6.92 Å². The average Bonchev–Trinajstić information content (AvgIpc) is 3.21. The molecule has 0 unspecified atom stereocenters. The summed E-state index contributed by atoms with van der Waals surface area (Å²) in [6, 6.07) is 5.25. The highest BCUT2D eigenvalue weighted by Crippen LogP contribution is 2.20. The number of Topliss-reactive ketones (excluding diaryl/α,β-unsaturated/α-hetero) is 1. The third kappa shape index (κ3) is 3.67. The molecule has 30 heavy (non-hydrogen) atoms. The number of rotatable bonds is 6. The van der Waals surface area contributed by atoms with Crippen molar-refractivity contribution >= 4 is 28.2 Å². The molecule has 0 bridgehead atoms. The van der Waals surface area contributed by atoms with Gasteiger partial charge in [0.15, 0.2) is 11.6 Å². The van der Waals surface area contributed by atoms with Crippen LogP contribution in [0.4, 0.5) is 11.6 Å². The van der Waals surface area contributed by atoms with E-state index in [9.17, 15) is 9.59 Å². The first kappa shape index (κ1) is 19.4. The highest BCUT2D eigenvalue weighted by atomic mass is 16.3. The average molecular weight is 405 g/mol. The van der Waals surface area contributed by atoms with Crippen molar-refractivity contribution in [3.8, 4) is 5.82 Å². The van der Waals surface area contributed by atoms with E-state index in [2.05, 4.69) is 25.4 Å². The number of aliphatic hydroxyl groups is 1. The van der Waals surface area contributed by atoms with E-state index < -0.39 is 0 Å². The number of aryl methyl sites for hydroxylation is 1. The molecule has 0 aliphatic rings. The second-order valence-electron chi connectivity index (χ2n) is 6.71. The molecule has 4 aromatic rings. The Labute approximate surface area is 170 Å². The van der Waals surface area contributed by atoms with Gasteiger partial charge in [-0.15, -0.1) is 0 Å². The summed E-state index contributed by atoms with van der Waals surface area (Å²) in [5.74, 6) is 1.42. The number of nitrogens with zero attached hydrogens (tertiary/aromatic N) is 6. The largest absolute Gasteiger partial charge is 0.395 e. The van der Waals surface area contributed by atoms with Crippen LogP contribution < -0.4 is 10.9 Å². The van der Waals surface area contributed by atoms with Crippen LogP contribution in [0.3, 0.4) is 0 Å². The summed E-state index contributed by atoms with van der Waals surface area (Å²) < 4.78 is 2.95. The van der Waals surface area contributed by atoms with Gasteiger partial charge in [0.25, 0.3) is 5.56 Å². The van der Waals surface area contributed by atoms with Crippen molar-refractivity contribution in [1.82, 2.24) is 29.3 Å². The van der Waals surface area contributed by atoms with Crippen LogP contribution in [-0.2, 0) is 6.54 Å². The summed E-state index contributed by atoms with van der Waals surface area (Å²) >= 11 is 0. The molecular formula is C20H19N7O3. The lowest BCUT2D eigenvalue weighted by Crippen LogP contribution is -2.22. The number of aliphatic hydroxyl groups excluding tert-OH is 1. The van der Waals surface area contributed by atoms with Crippen molar-refractivity contribution in [1.29, 1.82) is 0 Å². The number of aromatic nitrogens is 6. The fraction of sp³-hybridized carbons (Fsp3) is 0.200. The number of carbonyl (C=O) groups is 1. The van der Waals surface area contributed by atoms with Crippen molar-refractivity contribution in [3.05, 3.63) is 64.7 Å². The minimum Gasteiger partial charge on any atom is -0.395 e. The van der Waals surface area contributed by atoms with Crippen LogP contribution in [0.15, 0.2) is 47.9 Å². The lowest BCUT2D eigenvalue weighted by Gasteiger charge is -2.11. The first-order chi connectivity index (χ1) is 14.5. The molecule has 0 saturated heterocycles. The maximum absolute atomic E-state index is 12.6. The Morgan fingerprint density at radius 2 is 2.07 bits per heavy atom. The summed E-state index contributed by atoms with van der Waals surface area (Å²) in [7, 11) is 0. The van der Waals surface area contributed by atoms with Crippen molar-refractivity contribution in [2.24, 2.45) is 0 Å². The topological polar surface area (TPSA) is 128 Å². The Kier molecular flexibility index (Phi) is 5.07. The number of hydrogen-bond donors (Lipinski definition) is 2. The number of fused-ring (bicyclic) bond motifs is 1. The Hall–Kier alpha value is -3.92. The first-order valence-corrected chi connectivity index (χ1v) is 9.23. The fourth-order valence-electron chi connectivity index (χ4n) is 3.14.